The van der Waals surface area contributed by atoms with Crippen LogP contribution in [0.1, 0.15) is 15.9 Å². The predicted molar refractivity (Wildman–Crippen MR) is 82.8 cm³/mol. The summed E-state index contributed by atoms with van der Waals surface area (Å²) >= 11 is 0. The molecule has 0 atom stereocenters. The molecule has 116 valence electrons. The van der Waals surface area contributed by atoms with Crippen molar-refractivity contribution in [2.45, 2.75) is 6.54 Å². The number of carbonyl (C=O) groups is 1. The molecule has 2 aromatic carbocycles. The smallest absolute Gasteiger partial charge is 0.340 e. The van der Waals surface area contributed by atoms with Crippen molar-refractivity contribution in [2.75, 3.05) is 7.11 Å². The molecule has 3 rings (SSSR count). The van der Waals surface area contributed by atoms with Crippen molar-refractivity contribution in [3.05, 3.63) is 76.1 Å². The van der Waals surface area contributed by atoms with E-state index >= 15 is 0 Å². The van der Waals surface area contributed by atoms with Gasteiger partial charge in [-0.15, -0.1) is 0 Å². The zero-order valence-electron chi connectivity index (χ0n) is 12.3. The van der Waals surface area contributed by atoms with E-state index in [1.54, 1.807) is 22.8 Å². The Morgan fingerprint density at radius 1 is 1.26 bits per heavy atom. The molecule has 23 heavy (non-hydrogen) atoms. The average molecular weight is 312 g/mol. The second-order valence-corrected chi connectivity index (χ2v) is 5.00. The maximum atomic E-state index is 13.7. The number of aromatic nitrogens is 2. The minimum atomic E-state index is -0.729. The monoisotopic (exact) mass is 312 g/mol. The highest BCUT2D eigenvalue weighted by Crippen LogP contribution is 2.15. The molecule has 0 amide bonds. The fourth-order valence-corrected chi connectivity index (χ4v) is 2.42. The highest BCUT2D eigenvalue weighted by molar-refractivity contribution is 5.89. The molecule has 1 aromatic heterocycles. The van der Waals surface area contributed by atoms with Gasteiger partial charge >= 0.3 is 5.97 Å². The van der Waals surface area contributed by atoms with Gasteiger partial charge in [-0.05, 0) is 29.8 Å². The van der Waals surface area contributed by atoms with Crippen LogP contribution in [0, 0.1) is 5.82 Å². The summed E-state index contributed by atoms with van der Waals surface area (Å²) in [6, 6.07) is 11.3. The van der Waals surface area contributed by atoms with Crippen molar-refractivity contribution in [3.8, 4) is 0 Å². The van der Waals surface area contributed by atoms with Crippen LogP contribution >= 0.6 is 0 Å². The lowest BCUT2D eigenvalue weighted by molar-refractivity contribution is 0.0595. The molecule has 0 aliphatic heterocycles. The molecule has 0 bridgehead atoms. The van der Waals surface area contributed by atoms with E-state index in [-0.39, 0.29) is 11.1 Å². The quantitative estimate of drug-likeness (QED) is 0.697. The largest absolute Gasteiger partial charge is 0.465 e. The Bertz CT molecular complexity index is 950. The molecule has 0 aliphatic rings. The number of methoxy groups -OCH3 is 1. The summed E-state index contributed by atoms with van der Waals surface area (Å²) in [5.41, 5.74) is 0.994. The normalized spacial score (nSPS) is 10.7. The van der Waals surface area contributed by atoms with Gasteiger partial charge in [-0.3, -0.25) is 4.79 Å². The maximum absolute atomic E-state index is 13.7. The van der Waals surface area contributed by atoms with Crippen LogP contribution in [0.2, 0.25) is 0 Å². The summed E-state index contributed by atoms with van der Waals surface area (Å²) in [7, 11) is 1.20. The van der Waals surface area contributed by atoms with Crippen molar-refractivity contribution in [1.29, 1.82) is 0 Å². The van der Waals surface area contributed by atoms with Gasteiger partial charge < -0.3 is 9.30 Å². The summed E-state index contributed by atoms with van der Waals surface area (Å²) in [5.74, 6) is -1.37. The highest BCUT2D eigenvalue weighted by atomic mass is 19.1. The van der Waals surface area contributed by atoms with Crippen LogP contribution in [0.4, 0.5) is 4.39 Å². The first-order chi connectivity index (χ1) is 11.1. The summed E-state index contributed by atoms with van der Waals surface area (Å²) in [6.07, 6.45) is 1.44. The van der Waals surface area contributed by atoms with Crippen molar-refractivity contribution in [3.63, 3.8) is 0 Å². The van der Waals surface area contributed by atoms with Gasteiger partial charge in [0, 0.05) is 6.54 Å². The van der Waals surface area contributed by atoms with E-state index in [0.29, 0.717) is 17.5 Å². The Hall–Kier alpha value is -3.02. The lowest BCUT2D eigenvalue weighted by atomic mass is 10.1. The van der Waals surface area contributed by atoms with Crippen LogP contribution in [0.5, 0.6) is 0 Å². The van der Waals surface area contributed by atoms with Crippen LogP contribution in [0.15, 0.2) is 53.6 Å². The molecule has 0 unspecified atom stereocenters. The van der Waals surface area contributed by atoms with E-state index in [1.807, 2.05) is 12.1 Å². The molecule has 0 aliphatic carbocycles. The van der Waals surface area contributed by atoms with Gasteiger partial charge in [0.25, 0.3) is 5.56 Å². The molecule has 3 aromatic rings. The first-order valence-corrected chi connectivity index (χ1v) is 6.91. The summed E-state index contributed by atoms with van der Waals surface area (Å²) in [6.45, 7) is 0.345. The number of hydrogen-bond donors (Lipinski definition) is 0. The van der Waals surface area contributed by atoms with Gasteiger partial charge in [0.05, 0.1) is 29.9 Å². The van der Waals surface area contributed by atoms with Gasteiger partial charge in [0.2, 0.25) is 0 Å². The van der Waals surface area contributed by atoms with E-state index in [9.17, 15) is 14.0 Å². The third kappa shape index (κ3) is 2.83. The fraction of sp³-hybridized carbons (Fsp3) is 0.118. The first-order valence-electron chi connectivity index (χ1n) is 6.91. The van der Waals surface area contributed by atoms with Crippen molar-refractivity contribution in [1.82, 2.24) is 9.55 Å². The molecule has 5 nitrogen and oxygen atoms in total. The summed E-state index contributed by atoms with van der Waals surface area (Å²) < 4.78 is 20.0. The second-order valence-electron chi connectivity index (χ2n) is 5.00. The third-order valence-corrected chi connectivity index (χ3v) is 3.55. The summed E-state index contributed by atoms with van der Waals surface area (Å²) in [4.78, 5) is 27.2. The van der Waals surface area contributed by atoms with Crippen LogP contribution in [0.3, 0.4) is 0 Å². The number of para-hydroxylation sites is 1. The molecule has 0 N–H and O–H groups in total. The average Bonchev–Trinajstić information content (AvgIpc) is 2.58. The molecule has 1 heterocycles. The number of rotatable bonds is 3. The zero-order valence-corrected chi connectivity index (χ0v) is 12.3. The number of halogens is 1. The van der Waals surface area contributed by atoms with Gasteiger partial charge in [-0.1, -0.05) is 18.2 Å². The van der Waals surface area contributed by atoms with Crippen molar-refractivity contribution >= 4 is 16.9 Å². The number of benzene rings is 2. The molecular weight excluding hydrogens is 299 g/mol. The Labute approximate surface area is 131 Å². The Balaban J connectivity index is 2.05. The first kappa shape index (κ1) is 14.9. The Kier molecular flexibility index (Phi) is 3.89. The second kappa shape index (κ2) is 6.00. The number of carbonyl (C=O) groups excluding carboxylic acids is 1. The molecule has 0 saturated heterocycles. The molecule has 0 saturated carbocycles. The zero-order chi connectivity index (χ0) is 16.4. The number of ether oxygens (including phenoxy) is 1. The number of nitrogens with zero attached hydrogens (tertiary/aromatic N) is 2. The van der Waals surface area contributed by atoms with Crippen molar-refractivity contribution in [2.24, 2.45) is 0 Å². The molecule has 0 spiro atoms. The third-order valence-electron chi connectivity index (χ3n) is 3.55. The van der Waals surface area contributed by atoms with Crippen LogP contribution in [-0.2, 0) is 11.3 Å². The van der Waals surface area contributed by atoms with E-state index < -0.39 is 11.8 Å². The van der Waals surface area contributed by atoms with Crippen LogP contribution in [-0.4, -0.2) is 22.6 Å². The number of fused-ring (bicyclic) bond motifs is 1. The van der Waals surface area contributed by atoms with E-state index in [4.69, 9.17) is 0 Å². The van der Waals surface area contributed by atoms with Gasteiger partial charge in [-0.2, -0.15) is 4.98 Å². The molecule has 0 fully saturated rings. The van der Waals surface area contributed by atoms with Gasteiger partial charge in [0.15, 0.2) is 0 Å². The standard InChI is InChI=1S/C17H13FN2O3/c1-23-17(22)13-8-11(6-7-14(13)18)9-20-10-19-16(21)12-4-2-3-5-15(12)20/h2-8,10H,9H2,1H3. The minimum Gasteiger partial charge on any atom is -0.465 e. The number of hydrogen-bond acceptors (Lipinski definition) is 4. The van der Waals surface area contributed by atoms with E-state index in [0.717, 1.165) is 5.52 Å². The predicted octanol–water partition coefficient (Wildman–Crippen LogP) is 2.37. The topological polar surface area (TPSA) is 61.2 Å². The summed E-state index contributed by atoms with van der Waals surface area (Å²) in [5, 5.41) is 0.505. The van der Waals surface area contributed by atoms with Crippen molar-refractivity contribution < 1.29 is 13.9 Å². The number of esters is 1. The van der Waals surface area contributed by atoms with Gasteiger partial charge in [0.1, 0.15) is 5.82 Å². The van der Waals surface area contributed by atoms with E-state index in [2.05, 4.69) is 9.72 Å². The fourth-order valence-electron chi connectivity index (χ4n) is 2.42. The SMILES string of the molecule is COC(=O)c1cc(Cn2cnc(=O)c3ccccc32)ccc1F. The van der Waals surface area contributed by atoms with Crippen LogP contribution < -0.4 is 5.56 Å². The Morgan fingerprint density at radius 3 is 2.83 bits per heavy atom. The van der Waals surface area contributed by atoms with E-state index in [1.165, 1.54) is 25.6 Å². The lowest BCUT2D eigenvalue weighted by Gasteiger charge is -2.11. The molecular formula is C17H13FN2O3. The molecule has 6 heteroatoms. The minimum absolute atomic E-state index is 0.122. The van der Waals surface area contributed by atoms with Gasteiger partial charge in [-0.25, -0.2) is 9.18 Å². The maximum Gasteiger partial charge on any atom is 0.340 e. The Morgan fingerprint density at radius 2 is 2.04 bits per heavy atom. The molecule has 0 radical (unpaired) electrons. The lowest BCUT2D eigenvalue weighted by Crippen LogP contribution is -2.13. The van der Waals surface area contributed by atoms with Crippen LogP contribution in [0.25, 0.3) is 10.9 Å². The highest BCUT2D eigenvalue weighted by Gasteiger charge is 2.13.